The first kappa shape index (κ1) is 16.7. The molecule has 3 rings (SSSR count). The van der Waals surface area contributed by atoms with Crippen molar-refractivity contribution in [1.82, 2.24) is 9.97 Å². The first-order valence-electron chi connectivity index (χ1n) is 7.42. The highest BCUT2D eigenvalue weighted by Gasteiger charge is 2.11. The molecule has 7 heteroatoms. The molecule has 0 radical (unpaired) electrons. The van der Waals surface area contributed by atoms with Gasteiger partial charge >= 0.3 is 0 Å². The fourth-order valence-electron chi connectivity index (χ4n) is 2.33. The van der Waals surface area contributed by atoms with Gasteiger partial charge in [-0.3, -0.25) is 9.59 Å². The molecule has 124 valence electrons. The Hall–Kier alpha value is -2.12. The SMILES string of the molecule is Cc1ccc(C)c(NC(=O)CSc2nc3scc(C)c3c(=O)[nH]2)c1. The number of carbonyl (C=O) groups is 1. The van der Waals surface area contributed by atoms with E-state index in [2.05, 4.69) is 15.3 Å². The third kappa shape index (κ3) is 3.52. The maximum Gasteiger partial charge on any atom is 0.260 e. The van der Waals surface area contributed by atoms with Gasteiger partial charge in [0.15, 0.2) is 5.16 Å². The van der Waals surface area contributed by atoms with Crippen LogP contribution in [0.15, 0.2) is 33.5 Å². The van der Waals surface area contributed by atoms with Crippen LogP contribution in [-0.4, -0.2) is 21.6 Å². The van der Waals surface area contributed by atoms with Crippen LogP contribution in [0.5, 0.6) is 0 Å². The van der Waals surface area contributed by atoms with Crippen LogP contribution in [0.2, 0.25) is 0 Å². The summed E-state index contributed by atoms with van der Waals surface area (Å²) < 4.78 is 0. The third-order valence-corrected chi connectivity index (χ3v) is 5.48. The van der Waals surface area contributed by atoms with Crippen molar-refractivity contribution in [2.45, 2.75) is 25.9 Å². The lowest BCUT2D eigenvalue weighted by Gasteiger charge is -2.09. The summed E-state index contributed by atoms with van der Waals surface area (Å²) in [7, 11) is 0. The highest BCUT2D eigenvalue weighted by Crippen LogP contribution is 2.23. The van der Waals surface area contributed by atoms with Gasteiger partial charge in [0.05, 0.1) is 11.1 Å². The normalized spacial score (nSPS) is 11.0. The molecule has 24 heavy (non-hydrogen) atoms. The molecule has 0 aliphatic rings. The summed E-state index contributed by atoms with van der Waals surface area (Å²) in [5, 5.41) is 5.90. The Balaban J connectivity index is 1.70. The number of fused-ring (bicyclic) bond motifs is 1. The molecule has 0 atom stereocenters. The maximum atomic E-state index is 12.2. The number of benzene rings is 1. The second-order valence-corrected chi connectivity index (χ2v) is 7.45. The third-order valence-electron chi connectivity index (χ3n) is 3.61. The van der Waals surface area contributed by atoms with Crippen molar-refractivity contribution in [3.05, 3.63) is 50.6 Å². The highest BCUT2D eigenvalue weighted by atomic mass is 32.2. The first-order chi connectivity index (χ1) is 11.4. The summed E-state index contributed by atoms with van der Waals surface area (Å²) in [4.78, 5) is 32.1. The van der Waals surface area contributed by atoms with Crippen LogP contribution in [0.4, 0.5) is 5.69 Å². The van der Waals surface area contributed by atoms with Crippen LogP contribution in [-0.2, 0) is 4.79 Å². The molecule has 2 N–H and O–H groups in total. The van der Waals surface area contributed by atoms with Gasteiger partial charge < -0.3 is 10.3 Å². The van der Waals surface area contributed by atoms with Crippen LogP contribution in [0.25, 0.3) is 10.2 Å². The van der Waals surface area contributed by atoms with Gasteiger partial charge in [-0.25, -0.2) is 4.98 Å². The van der Waals surface area contributed by atoms with E-state index < -0.39 is 0 Å². The average Bonchev–Trinajstić information content (AvgIpc) is 2.91. The van der Waals surface area contributed by atoms with Crippen molar-refractivity contribution in [3.63, 3.8) is 0 Å². The van der Waals surface area contributed by atoms with Gasteiger partial charge in [-0.05, 0) is 48.9 Å². The second-order valence-electron chi connectivity index (χ2n) is 5.63. The number of thioether (sulfide) groups is 1. The summed E-state index contributed by atoms with van der Waals surface area (Å²) >= 11 is 2.66. The van der Waals surface area contributed by atoms with E-state index in [1.54, 1.807) is 0 Å². The number of rotatable bonds is 4. The van der Waals surface area contributed by atoms with E-state index in [9.17, 15) is 9.59 Å². The van der Waals surface area contributed by atoms with Gasteiger partial charge in [-0.2, -0.15) is 0 Å². The van der Waals surface area contributed by atoms with Crippen LogP contribution in [0.1, 0.15) is 16.7 Å². The number of hydrogen-bond acceptors (Lipinski definition) is 5. The van der Waals surface area contributed by atoms with Crippen molar-refractivity contribution < 1.29 is 4.79 Å². The molecule has 1 amide bonds. The molecule has 2 aromatic heterocycles. The van der Waals surface area contributed by atoms with Crippen LogP contribution in [0.3, 0.4) is 0 Å². The molecule has 0 saturated carbocycles. The van der Waals surface area contributed by atoms with Crippen molar-refractivity contribution >= 4 is 44.9 Å². The van der Waals surface area contributed by atoms with E-state index in [-0.39, 0.29) is 17.2 Å². The molecular formula is C17H17N3O2S2. The fraction of sp³-hybridized carbons (Fsp3) is 0.235. The molecule has 0 fully saturated rings. The van der Waals surface area contributed by atoms with Crippen molar-refractivity contribution in [1.29, 1.82) is 0 Å². The Labute approximate surface area is 147 Å². The van der Waals surface area contributed by atoms with E-state index in [1.165, 1.54) is 23.1 Å². The summed E-state index contributed by atoms with van der Waals surface area (Å²) in [5.41, 5.74) is 3.68. The molecule has 0 aliphatic heterocycles. The number of amides is 1. The molecule has 0 unspecified atom stereocenters. The average molecular weight is 359 g/mol. The summed E-state index contributed by atoms with van der Waals surface area (Å²) in [6.07, 6.45) is 0. The van der Waals surface area contributed by atoms with Crippen LogP contribution < -0.4 is 10.9 Å². The number of nitrogens with one attached hydrogen (secondary N) is 2. The van der Waals surface area contributed by atoms with Gasteiger partial charge in [0, 0.05) is 5.69 Å². The summed E-state index contributed by atoms with van der Waals surface area (Å²) in [6, 6.07) is 5.93. The van der Waals surface area contributed by atoms with Crippen molar-refractivity contribution in [2.24, 2.45) is 0 Å². The minimum atomic E-state index is -0.156. The minimum Gasteiger partial charge on any atom is -0.325 e. The number of H-pyrrole nitrogens is 1. The highest BCUT2D eigenvalue weighted by molar-refractivity contribution is 7.99. The first-order valence-corrected chi connectivity index (χ1v) is 9.28. The fourth-order valence-corrected chi connectivity index (χ4v) is 3.97. The molecule has 0 saturated heterocycles. The van der Waals surface area contributed by atoms with Crippen LogP contribution in [0, 0.1) is 20.8 Å². The summed E-state index contributed by atoms with van der Waals surface area (Å²) in [6.45, 7) is 5.82. The van der Waals surface area contributed by atoms with E-state index in [4.69, 9.17) is 0 Å². The van der Waals surface area contributed by atoms with Gasteiger partial charge in [0.25, 0.3) is 5.56 Å². The van der Waals surface area contributed by atoms with E-state index in [0.717, 1.165) is 22.4 Å². The standard InChI is InChI=1S/C17H17N3O2S2/c1-9-4-5-10(2)12(6-9)18-13(21)8-24-17-19-15(22)14-11(3)7-23-16(14)20-17/h4-7H,8H2,1-3H3,(H,18,21)(H,19,20,22). The van der Waals surface area contributed by atoms with E-state index in [1.807, 2.05) is 44.4 Å². The predicted octanol–water partition coefficient (Wildman–Crippen LogP) is 3.64. The molecule has 5 nitrogen and oxygen atoms in total. The Morgan fingerprint density at radius 2 is 2.08 bits per heavy atom. The smallest absolute Gasteiger partial charge is 0.260 e. The number of aryl methyl sites for hydroxylation is 3. The summed E-state index contributed by atoms with van der Waals surface area (Å²) in [5.74, 6) is 0.0606. The quantitative estimate of drug-likeness (QED) is 0.551. The number of thiophene rings is 1. The van der Waals surface area contributed by atoms with Gasteiger partial charge in [0.1, 0.15) is 4.83 Å². The number of hydrogen-bond donors (Lipinski definition) is 2. The Morgan fingerprint density at radius 3 is 2.88 bits per heavy atom. The lowest BCUT2D eigenvalue weighted by atomic mass is 10.1. The minimum absolute atomic E-state index is 0.126. The Kier molecular flexibility index (Phi) is 4.73. The molecule has 0 aliphatic carbocycles. The lowest BCUT2D eigenvalue weighted by Crippen LogP contribution is -2.16. The van der Waals surface area contributed by atoms with Crippen molar-refractivity contribution in [2.75, 3.05) is 11.1 Å². The largest absolute Gasteiger partial charge is 0.325 e. The maximum absolute atomic E-state index is 12.2. The van der Waals surface area contributed by atoms with E-state index in [0.29, 0.717) is 15.4 Å². The van der Waals surface area contributed by atoms with Gasteiger partial charge in [0.2, 0.25) is 5.91 Å². The molecule has 2 heterocycles. The van der Waals surface area contributed by atoms with Gasteiger partial charge in [-0.1, -0.05) is 23.9 Å². The number of aromatic amines is 1. The van der Waals surface area contributed by atoms with Crippen LogP contribution >= 0.6 is 23.1 Å². The van der Waals surface area contributed by atoms with E-state index >= 15 is 0 Å². The number of aromatic nitrogens is 2. The number of nitrogens with zero attached hydrogens (tertiary/aromatic N) is 1. The Morgan fingerprint density at radius 1 is 1.29 bits per heavy atom. The number of carbonyl (C=O) groups excluding carboxylic acids is 1. The zero-order valence-corrected chi connectivity index (χ0v) is 15.2. The number of anilines is 1. The molecule has 0 bridgehead atoms. The van der Waals surface area contributed by atoms with Crippen molar-refractivity contribution in [3.8, 4) is 0 Å². The molecular weight excluding hydrogens is 342 g/mol. The zero-order valence-electron chi connectivity index (χ0n) is 13.6. The zero-order chi connectivity index (χ0) is 17.3. The van der Waals surface area contributed by atoms with Gasteiger partial charge in [-0.15, -0.1) is 11.3 Å². The second kappa shape index (κ2) is 6.78. The topological polar surface area (TPSA) is 74.8 Å². The predicted molar refractivity (Wildman–Crippen MR) is 100 cm³/mol. The molecule has 1 aromatic carbocycles. The monoisotopic (exact) mass is 359 g/mol. The molecule has 3 aromatic rings. The Bertz CT molecular complexity index is 976. The molecule has 0 spiro atoms. The lowest BCUT2D eigenvalue weighted by molar-refractivity contribution is -0.113.